The number of rotatable bonds is 9. The first-order chi connectivity index (χ1) is 14.7. The van der Waals surface area contributed by atoms with Gasteiger partial charge in [-0.25, -0.2) is 4.98 Å². The topological polar surface area (TPSA) is 85.1 Å². The largest absolute Gasteiger partial charge is 0.492 e. The highest BCUT2D eigenvalue weighted by Crippen LogP contribution is 2.33. The average molecular weight is 462 g/mol. The highest BCUT2D eigenvalue weighted by atomic mass is 35.5. The van der Waals surface area contributed by atoms with E-state index in [0.717, 1.165) is 32.6 Å². The molecule has 30 heavy (non-hydrogen) atoms. The molecule has 0 bridgehead atoms. The molecule has 0 aliphatic heterocycles. The third kappa shape index (κ3) is 4.70. The summed E-state index contributed by atoms with van der Waals surface area (Å²) >= 11 is 9.16. The van der Waals surface area contributed by atoms with Gasteiger partial charge in [-0.1, -0.05) is 46.8 Å². The number of aliphatic hydroxyl groups is 1. The lowest BCUT2D eigenvalue weighted by Crippen LogP contribution is -2.06. The van der Waals surface area contributed by atoms with Gasteiger partial charge in [0.15, 0.2) is 4.34 Å². The van der Waals surface area contributed by atoms with Crippen LogP contribution in [0.3, 0.4) is 0 Å². The fraction of sp³-hybridized carbons (Fsp3) is 0.250. The maximum Gasteiger partial charge on any atom is 0.210 e. The molecule has 0 atom stereocenters. The Morgan fingerprint density at radius 3 is 2.93 bits per heavy atom. The number of ether oxygens (including phenoxy) is 1. The van der Waals surface area contributed by atoms with Crippen LogP contribution in [0.25, 0.3) is 11.0 Å². The van der Waals surface area contributed by atoms with Gasteiger partial charge in [-0.2, -0.15) is 0 Å². The maximum absolute atomic E-state index is 9.45. The predicted octanol–water partition coefficient (Wildman–Crippen LogP) is 4.97. The molecule has 4 rings (SSSR count). The van der Waals surface area contributed by atoms with Crippen LogP contribution in [0.15, 0.2) is 46.8 Å². The summed E-state index contributed by atoms with van der Waals surface area (Å²) in [5.41, 5.74) is 2.63. The van der Waals surface area contributed by atoms with E-state index < -0.39 is 0 Å². The third-order valence-corrected chi connectivity index (χ3v) is 6.48. The molecule has 0 aliphatic carbocycles. The van der Waals surface area contributed by atoms with Crippen LogP contribution in [-0.2, 0) is 12.3 Å². The van der Waals surface area contributed by atoms with Crippen LogP contribution in [-0.4, -0.2) is 38.1 Å². The monoisotopic (exact) mass is 461 g/mol. The van der Waals surface area contributed by atoms with Crippen LogP contribution in [0.2, 0.25) is 5.02 Å². The molecule has 0 spiro atoms. The van der Waals surface area contributed by atoms with Crippen molar-refractivity contribution in [2.45, 2.75) is 23.6 Å². The second-order valence-electron chi connectivity index (χ2n) is 6.25. The molecule has 0 aliphatic rings. The lowest BCUT2D eigenvalue weighted by molar-refractivity contribution is 0.276. The van der Waals surface area contributed by atoms with Gasteiger partial charge in [-0.3, -0.25) is 0 Å². The Morgan fingerprint density at radius 1 is 1.23 bits per heavy atom. The second-order valence-corrected chi connectivity index (χ2v) is 8.89. The van der Waals surface area contributed by atoms with Gasteiger partial charge in [0.25, 0.3) is 0 Å². The van der Waals surface area contributed by atoms with Gasteiger partial charge >= 0.3 is 0 Å². The van der Waals surface area contributed by atoms with Crippen LogP contribution >= 0.6 is 34.7 Å². The van der Waals surface area contributed by atoms with Crippen molar-refractivity contribution in [1.82, 2.24) is 19.7 Å². The molecule has 4 aromatic rings. The average Bonchev–Trinajstić information content (AvgIpc) is 3.33. The molecule has 0 amide bonds. The summed E-state index contributed by atoms with van der Waals surface area (Å²) in [6, 6.07) is 13.3. The number of anilines is 2. The zero-order valence-electron chi connectivity index (χ0n) is 16.2. The van der Waals surface area contributed by atoms with Gasteiger partial charge in [0.2, 0.25) is 5.13 Å². The minimum atomic E-state index is 0.0295. The van der Waals surface area contributed by atoms with E-state index in [1.807, 2.05) is 54.0 Å². The zero-order valence-corrected chi connectivity index (χ0v) is 18.6. The first-order valence-corrected chi connectivity index (χ1v) is 11.6. The SMILES string of the molecule is CCOc1ccccc1Nc1nnc(SCc2nc3ccc(Cl)cc3n2CCO)s1. The molecule has 0 unspecified atom stereocenters. The summed E-state index contributed by atoms with van der Waals surface area (Å²) in [4.78, 5) is 4.69. The van der Waals surface area contributed by atoms with E-state index in [0.29, 0.717) is 29.1 Å². The Morgan fingerprint density at radius 2 is 2.10 bits per heavy atom. The lowest BCUT2D eigenvalue weighted by atomic mass is 10.3. The van der Waals surface area contributed by atoms with Gasteiger partial charge in [-0.05, 0) is 37.3 Å². The van der Waals surface area contributed by atoms with E-state index in [4.69, 9.17) is 21.3 Å². The van der Waals surface area contributed by atoms with Crippen molar-refractivity contribution in [3.63, 3.8) is 0 Å². The summed E-state index contributed by atoms with van der Waals surface area (Å²) in [5, 5.41) is 22.6. The molecule has 2 aromatic carbocycles. The smallest absolute Gasteiger partial charge is 0.210 e. The number of aromatic nitrogens is 4. The Kier molecular flexibility index (Phi) is 6.73. The van der Waals surface area contributed by atoms with Crippen molar-refractivity contribution in [3.05, 3.63) is 53.3 Å². The molecule has 0 radical (unpaired) electrons. The van der Waals surface area contributed by atoms with Crippen LogP contribution in [0.5, 0.6) is 5.75 Å². The lowest BCUT2D eigenvalue weighted by Gasteiger charge is -2.09. The number of benzene rings is 2. The fourth-order valence-electron chi connectivity index (χ4n) is 3.02. The Balaban J connectivity index is 1.48. The highest BCUT2D eigenvalue weighted by Gasteiger charge is 2.14. The van der Waals surface area contributed by atoms with Crippen LogP contribution in [0, 0.1) is 0 Å². The molecule has 156 valence electrons. The number of thioether (sulfide) groups is 1. The minimum absolute atomic E-state index is 0.0295. The van der Waals surface area contributed by atoms with Crippen molar-refractivity contribution in [2.75, 3.05) is 18.5 Å². The Labute approximate surface area is 187 Å². The van der Waals surface area contributed by atoms with Gasteiger partial charge < -0.3 is 19.7 Å². The van der Waals surface area contributed by atoms with E-state index in [9.17, 15) is 5.11 Å². The van der Waals surface area contributed by atoms with Crippen LogP contribution in [0.4, 0.5) is 10.8 Å². The number of imidazole rings is 1. The minimum Gasteiger partial charge on any atom is -0.492 e. The van der Waals surface area contributed by atoms with Crippen LogP contribution < -0.4 is 10.1 Å². The molecule has 0 saturated carbocycles. The van der Waals surface area contributed by atoms with Crippen molar-refractivity contribution in [1.29, 1.82) is 0 Å². The van der Waals surface area contributed by atoms with E-state index in [2.05, 4.69) is 15.5 Å². The number of hydrogen-bond donors (Lipinski definition) is 2. The Hall–Kier alpha value is -2.33. The normalized spacial score (nSPS) is 11.2. The maximum atomic E-state index is 9.45. The highest BCUT2D eigenvalue weighted by molar-refractivity contribution is 8.00. The molecule has 2 heterocycles. The van der Waals surface area contributed by atoms with Crippen molar-refractivity contribution in [2.24, 2.45) is 0 Å². The predicted molar refractivity (Wildman–Crippen MR) is 122 cm³/mol. The number of halogens is 1. The summed E-state index contributed by atoms with van der Waals surface area (Å²) in [6.07, 6.45) is 0. The zero-order chi connectivity index (χ0) is 20.9. The van der Waals surface area contributed by atoms with Crippen molar-refractivity contribution < 1.29 is 9.84 Å². The molecular formula is C20H20ClN5O2S2. The molecule has 0 fully saturated rings. The summed E-state index contributed by atoms with van der Waals surface area (Å²) in [5.74, 6) is 2.25. The van der Waals surface area contributed by atoms with E-state index in [1.54, 1.807) is 11.8 Å². The number of nitrogens with one attached hydrogen (secondary N) is 1. The van der Waals surface area contributed by atoms with Gasteiger partial charge in [-0.15, -0.1) is 10.2 Å². The summed E-state index contributed by atoms with van der Waals surface area (Å²) in [6.45, 7) is 3.04. The number of aliphatic hydroxyl groups excluding tert-OH is 1. The molecule has 2 N–H and O–H groups in total. The number of para-hydroxylation sites is 2. The summed E-state index contributed by atoms with van der Waals surface area (Å²) < 4.78 is 8.46. The van der Waals surface area contributed by atoms with Gasteiger partial charge in [0.05, 0.1) is 35.7 Å². The molecule has 10 heteroatoms. The van der Waals surface area contributed by atoms with E-state index >= 15 is 0 Å². The molecular weight excluding hydrogens is 442 g/mol. The van der Waals surface area contributed by atoms with Crippen molar-refractivity contribution in [3.8, 4) is 5.75 Å². The van der Waals surface area contributed by atoms with Gasteiger partial charge in [0.1, 0.15) is 11.6 Å². The van der Waals surface area contributed by atoms with Crippen LogP contribution in [0.1, 0.15) is 12.7 Å². The quantitative estimate of drug-likeness (QED) is 0.340. The number of fused-ring (bicyclic) bond motifs is 1. The third-order valence-electron chi connectivity index (χ3n) is 4.27. The number of hydrogen-bond acceptors (Lipinski definition) is 8. The summed E-state index contributed by atoms with van der Waals surface area (Å²) in [7, 11) is 0. The first-order valence-electron chi connectivity index (χ1n) is 9.38. The molecule has 0 saturated heterocycles. The van der Waals surface area contributed by atoms with Gasteiger partial charge in [0, 0.05) is 11.6 Å². The van der Waals surface area contributed by atoms with E-state index in [1.165, 1.54) is 11.3 Å². The second kappa shape index (κ2) is 9.65. The first kappa shape index (κ1) is 20.9. The van der Waals surface area contributed by atoms with E-state index in [-0.39, 0.29) is 6.61 Å². The fourth-order valence-corrected chi connectivity index (χ4v) is 4.89. The number of nitrogens with zero attached hydrogens (tertiary/aromatic N) is 4. The van der Waals surface area contributed by atoms with Crippen molar-refractivity contribution >= 4 is 56.6 Å². The molecule has 7 nitrogen and oxygen atoms in total. The molecule has 2 aromatic heterocycles. The standard InChI is InChI=1S/C20H20ClN5O2S2/c1-2-28-17-6-4-3-5-15(17)23-19-24-25-20(30-19)29-12-18-22-14-8-7-13(21)11-16(14)26(18)9-10-27/h3-8,11,27H,2,9-10,12H2,1H3,(H,23,24). The Bertz CT molecular complexity index is 1150.